The highest BCUT2D eigenvalue weighted by molar-refractivity contribution is 5.92. The summed E-state index contributed by atoms with van der Waals surface area (Å²) in [5, 5.41) is 1.05. The number of anilines is 1. The molecule has 2 N–H and O–H groups in total. The normalized spacial score (nSPS) is 11.9. The Morgan fingerprint density at radius 3 is 2.55 bits per heavy atom. The van der Waals surface area contributed by atoms with Gasteiger partial charge in [-0.25, -0.2) is 0 Å². The van der Waals surface area contributed by atoms with Gasteiger partial charge in [0, 0.05) is 36.4 Å². The lowest BCUT2D eigenvalue weighted by atomic mass is 10.1. The van der Waals surface area contributed by atoms with E-state index in [9.17, 15) is 0 Å². The van der Waals surface area contributed by atoms with Crippen molar-refractivity contribution in [3.63, 3.8) is 0 Å². The molecule has 0 unspecified atom stereocenters. The van der Waals surface area contributed by atoms with Gasteiger partial charge < -0.3 is 5.73 Å². The quantitative estimate of drug-likeness (QED) is 0.843. The van der Waals surface area contributed by atoms with E-state index in [2.05, 4.69) is 43.6 Å². The van der Waals surface area contributed by atoms with Gasteiger partial charge in [0.1, 0.15) is 0 Å². The van der Waals surface area contributed by atoms with Gasteiger partial charge in [-0.1, -0.05) is 19.9 Å². The zero-order valence-electron chi connectivity index (χ0n) is 12.9. The van der Waals surface area contributed by atoms with Crippen molar-refractivity contribution in [1.29, 1.82) is 0 Å². The fraction of sp³-hybridized carbons (Fsp3) is 0.471. The standard InChI is InChI=1S/C17H25N3/c1-12(2)10-20(13(3)4)11-14-7-8-16(18)15-6-5-9-19-17(14)15/h5-9,12-13H,10-11,18H2,1-4H3. The van der Waals surface area contributed by atoms with Crippen molar-refractivity contribution in [2.24, 2.45) is 5.92 Å². The molecule has 0 radical (unpaired) electrons. The first-order valence-corrected chi connectivity index (χ1v) is 7.35. The molecule has 108 valence electrons. The van der Waals surface area contributed by atoms with Crippen LogP contribution < -0.4 is 5.73 Å². The van der Waals surface area contributed by atoms with Crippen LogP contribution in [0.1, 0.15) is 33.3 Å². The van der Waals surface area contributed by atoms with Crippen LogP contribution in [0.2, 0.25) is 0 Å². The minimum Gasteiger partial charge on any atom is -0.398 e. The third-order valence-corrected chi connectivity index (χ3v) is 3.59. The van der Waals surface area contributed by atoms with Crippen molar-refractivity contribution in [3.8, 4) is 0 Å². The van der Waals surface area contributed by atoms with Crippen LogP contribution in [0, 0.1) is 5.92 Å². The molecule has 0 aliphatic carbocycles. The Labute approximate surface area is 121 Å². The number of aromatic nitrogens is 1. The molecule has 0 aliphatic heterocycles. The predicted molar refractivity (Wildman–Crippen MR) is 86.5 cm³/mol. The van der Waals surface area contributed by atoms with Crippen molar-refractivity contribution in [3.05, 3.63) is 36.0 Å². The van der Waals surface area contributed by atoms with Crippen molar-refractivity contribution >= 4 is 16.6 Å². The van der Waals surface area contributed by atoms with Gasteiger partial charge in [-0.05, 0) is 43.5 Å². The summed E-state index contributed by atoms with van der Waals surface area (Å²) in [6, 6.07) is 8.61. The predicted octanol–water partition coefficient (Wildman–Crippen LogP) is 3.68. The molecule has 1 heterocycles. The maximum atomic E-state index is 6.04. The number of nitrogen functional groups attached to an aromatic ring is 1. The van der Waals surface area contributed by atoms with Gasteiger partial charge in [0.2, 0.25) is 0 Å². The van der Waals surface area contributed by atoms with Crippen LogP contribution in [0.5, 0.6) is 0 Å². The molecule has 0 spiro atoms. The van der Waals surface area contributed by atoms with Crippen molar-refractivity contribution in [1.82, 2.24) is 9.88 Å². The molecule has 2 aromatic rings. The molecule has 3 nitrogen and oxygen atoms in total. The van der Waals surface area contributed by atoms with Gasteiger partial charge in [-0.2, -0.15) is 0 Å². The van der Waals surface area contributed by atoms with E-state index in [-0.39, 0.29) is 0 Å². The SMILES string of the molecule is CC(C)CN(Cc1ccc(N)c2cccnc12)C(C)C. The first kappa shape index (κ1) is 14.8. The minimum absolute atomic E-state index is 0.522. The largest absolute Gasteiger partial charge is 0.398 e. The zero-order chi connectivity index (χ0) is 14.7. The first-order chi connectivity index (χ1) is 9.49. The van der Waals surface area contributed by atoms with Gasteiger partial charge in [0.25, 0.3) is 0 Å². The maximum absolute atomic E-state index is 6.04. The summed E-state index contributed by atoms with van der Waals surface area (Å²) >= 11 is 0. The van der Waals surface area contributed by atoms with E-state index in [1.165, 1.54) is 5.56 Å². The summed E-state index contributed by atoms with van der Waals surface area (Å²) in [5.41, 5.74) is 9.13. The summed E-state index contributed by atoms with van der Waals surface area (Å²) in [6.07, 6.45) is 1.84. The van der Waals surface area contributed by atoms with Crippen molar-refractivity contribution in [2.45, 2.75) is 40.3 Å². The lowest BCUT2D eigenvalue weighted by Crippen LogP contribution is -2.33. The van der Waals surface area contributed by atoms with E-state index in [0.29, 0.717) is 12.0 Å². The van der Waals surface area contributed by atoms with Crippen LogP contribution in [0.25, 0.3) is 10.9 Å². The third kappa shape index (κ3) is 3.28. The lowest BCUT2D eigenvalue weighted by Gasteiger charge is -2.28. The molecule has 0 saturated carbocycles. The number of fused-ring (bicyclic) bond motifs is 1. The lowest BCUT2D eigenvalue weighted by molar-refractivity contribution is 0.190. The molecule has 0 aliphatic rings. The molecule has 20 heavy (non-hydrogen) atoms. The smallest absolute Gasteiger partial charge is 0.0767 e. The van der Waals surface area contributed by atoms with Gasteiger partial charge >= 0.3 is 0 Å². The molecule has 0 atom stereocenters. The number of hydrogen-bond donors (Lipinski definition) is 1. The highest BCUT2D eigenvalue weighted by Gasteiger charge is 2.14. The first-order valence-electron chi connectivity index (χ1n) is 7.35. The fourth-order valence-corrected chi connectivity index (χ4v) is 2.53. The number of pyridine rings is 1. The van der Waals surface area contributed by atoms with Crippen LogP contribution in [0.4, 0.5) is 5.69 Å². The zero-order valence-corrected chi connectivity index (χ0v) is 12.9. The van der Waals surface area contributed by atoms with E-state index in [1.807, 2.05) is 24.4 Å². The second-order valence-corrected chi connectivity index (χ2v) is 6.13. The Hall–Kier alpha value is -1.61. The fourth-order valence-electron chi connectivity index (χ4n) is 2.53. The molecule has 0 fully saturated rings. The second kappa shape index (κ2) is 6.23. The summed E-state index contributed by atoms with van der Waals surface area (Å²) < 4.78 is 0. The molecule has 0 bridgehead atoms. The topological polar surface area (TPSA) is 42.1 Å². The van der Waals surface area contributed by atoms with Gasteiger partial charge in [-0.15, -0.1) is 0 Å². The van der Waals surface area contributed by atoms with Gasteiger partial charge in [0.15, 0.2) is 0 Å². The molecular formula is C17H25N3. The highest BCUT2D eigenvalue weighted by Crippen LogP contribution is 2.24. The Kier molecular flexibility index (Phi) is 4.61. The Bertz CT molecular complexity index is 575. The number of rotatable bonds is 5. The third-order valence-electron chi connectivity index (χ3n) is 3.59. The number of nitrogens with zero attached hydrogens (tertiary/aromatic N) is 2. The average Bonchev–Trinajstić information content (AvgIpc) is 2.40. The van der Waals surface area contributed by atoms with Gasteiger partial charge in [0.05, 0.1) is 5.52 Å². The molecular weight excluding hydrogens is 246 g/mol. The van der Waals surface area contributed by atoms with E-state index in [0.717, 1.165) is 29.7 Å². The summed E-state index contributed by atoms with van der Waals surface area (Å²) in [7, 11) is 0. The second-order valence-electron chi connectivity index (χ2n) is 6.13. The van der Waals surface area contributed by atoms with Gasteiger partial charge in [-0.3, -0.25) is 9.88 Å². The number of benzene rings is 1. The van der Waals surface area contributed by atoms with E-state index < -0.39 is 0 Å². The summed E-state index contributed by atoms with van der Waals surface area (Å²) in [5.74, 6) is 0.658. The molecule has 3 heteroatoms. The minimum atomic E-state index is 0.522. The summed E-state index contributed by atoms with van der Waals surface area (Å²) in [4.78, 5) is 7.02. The maximum Gasteiger partial charge on any atom is 0.0767 e. The molecule has 0 amide bonds. The Balaban J connectivity index is 2.35. The van der Waals surface area contributed by atoms with E-state index >= 15 is 0 Å². The number of nitrogens with two attached hydrogens (primary N) is 1. The van der Waals surface area contributed by atoms with Crippen LogP contribution >= 0.6 is 0 Å². The molecule has 1 aromatic carbocycles. The van der Waals surface area contributed by atoms with E-state index in [1.54, 1.807) is 0 Å². The molecule has 2 rings (SSSR count). The Morgan fingerprint density at radius 2 is 1.90 bits per heavy atom. The number of hydrogen-bond acceptors (Lipinski definition) is 3. The van der Waals surface area contributed by atoms with Crippen LogP contribution in [-0.2, 0) is 6.54 Å². The van der Waals surface area contributed by atoms with Crippen LogP contribution in [0.15, 0.2) is 30.5 Å². The summed E-state index contributed by atoms with van der Waals surface area (Å²) in [6.45, 7) is 11.0. The van der Waals surface area contributed by atoms with E-state index in [4.69, 9.17) is 5.73 Å². The van der Waals surface area contributed by atoms with Crippen LogP contribution in [-0.4, -0.2) is 22.5 Å². The monoisotopic (exact) mass is 271 g/mol. The van der Waals surface area contributed by atoms with Crippen LogP contribution in [0.3, 0.4) is 0 Å². The van der Waals surface area contributed by atoms with Crippen molar-refractivity contribution in [2.75, 3.05) is 12.3 Å². The highest BCUT2D eigenvalue weighted by atomic mass is 15.1. The Morgan fingerprint density at radius 1 is 1.15 bits per heavy atom. The molecule has 1 aromatic heterocycles. The molecule has 0 saturated heterocycles. The van der Waals surface area contributed by atoms with Crippen molar-refractivity contribution < 1.29 is 0 Å². The average molecular weight is 271 g/mol.